The molecule has 2 rings (SSSR count). The number of rotatable bonds is 8. The third-order valence-corrected chi connectivity index (χ3v) is 3.64. The molecule has 1 aromatic carbocycles. The molecule has 1 N–H and O–H groups in total. The summed E-state index contributed by atoms with van der Waals surface area (Å²) in [5, 5.41) is 2.92. The first-order chi connectivity index (χ1) is 10.6. The summed E-state index contributed by atoms with van der Waals surface area (Å²) in [6, 6.07) is 7.27. The molecule has 1 aliphatic rings. The van der Waals surface area contributed by atoms with Crippen molar-refractivity contribution in [1.82, 2.24) is 10.2 Å². The Morgan fingerprint density at radius 2 is 2.14 bits per heavy atom. The van der Waals surface area contributed by atoms with Crippen molar-refractivity contribution in [3.05, 3.63) is 29.8 Å². The fraction of sp³-hybridized carbons (Fsp3) is 0.588. The van der Waals surface area contributed by atoms with Crippen molar-refractivity contribution in [3.8, 4) is 5.75 Å². The van der Waals surface area contributed by atoms with Crippen molar-refractivity contribution in [3.63, 3.8) is 0 Å². The number of amides is 1. The molecule has 5 heteroatoms. The molecule has 1 amide bonds. The highest BCUT2D eigenvalue weighted by molar-refractivity contribution is 5.94. The van der Waals surface area contributed by atoms with Crippen LogP contribution >= 0.6 is 0 Å². The molecule has 1 fully saturated rings. The van der Waals surface area contributed by atoms with Gasteiger partial charge < -0.3 is 19.7 Å². The maximum atomic E-state index is 12.0. The van der Waals surface area contributed by atoms with Crippen LogP contribution in [0.5, 0.6) is 5.75 Å². The average Bonchev–Trinajstić information content (AvgIpc) is 3.03. The second kappa shape index (κ2) is 8.76. The Hall–Kier alpha value is -1.59. The highest BCUT2D eigenvalue weighted by atomic mass is 16.5. The number of nitrogens with zero attached hydrogens (tertiary/aromatic N) is 1. The Morgan fingerprint density at radius 1 is 1.36 bits per heavy atom. The van der Waals surface area contributed by atoms with Crippen molar-refractivity contribution in [1.29, 1.82) is 0 Å². The number of carbonyl (C=O) groups excluding carboxylic acids is 1. The monoisotopic (exact) mass is 306 g/mol. The summed E-state index contributed by atoms with van der Waals surface area (Å²) >= 11 is 0. The smallest absolute Gasteiger partial charge is 0.251 e. The molecule has 1 aliphatic heterocycles. The summed E-state index contributed by atoms with van der Waals surface area (Å²) in [7, 11) is 4.05. The van der Waals surface area contributed by atoms with Crippen molar-refractivity contribution in [2.45, 2.75) is 25.4 Å². The Labute approximate surface area is 132 Å². The van der Waals surface area contributed by atoms with Gasteiger partial charge in [0.2, 0.25) is 0 Å². The molecule has 1 saturated heterocycles. The highest BCUT2D eigenvalue weighted by Crippen LogP contribution is 2.16. The van der Waals surface area contributed by atoms with Gasteiger partial charge in [0.15, 0.2) is 0 Å². The predicted molar refractivity (Wildman–Crippen MR) is 86.4 cm³/mol. The normalized spacial score (nSPS) is 17.7. The molecule has 1 heterocycles. The second-order valence-electron chi connectivity index (χ2n) is 5.88. The van der Waals surface area contributed by atoms with Crippen LogP contribution in [-0.4, -0.2) is 57.3 Å². The molecule has 22 heavy (non-hydrogen) atoms. The molecule has 1 unspecified atom stereocenters. The molecule has 5 nitrogen and oxygen atoms in total. The van der Waals surface area contributed by atoms with Crippen molar-refractivity contribution in [2.24, 2.45) is 0 Å². The molecule has 0 radical (unpaired) electrons. The SMILES string of the molecule is CN(C)CCCNC(=O)c1ccc(OCC2CCCO2)cc1. The van der Waals surface area contributed by atoms with Gasteiger partial charge in [0.1, 0.15) is 12.4 Å². The lowest BCUT2D eigenvalue weighted by molar-refractivity contribution is 0.0679. The van der Waals surface area contributed by atoms with Crippen LogP contribution in [0.3, 0.4) is 0 Å². The van der Waals surface area contributed by atoms with Gasteiger partial charge in [-0.1, -0.05) is 0 Å². The zero-order valence-electron chi connectivity index (χ0n) is 13.5. The van der Waals surface area contributed by atoms with E-state index >= 15 is 0 Å². The largest absolute Gasteiger partial charge is 0.491 e. The minimum Gasteiger partial charge on any atom is -0.491 e. The van der Waals surface area contributed by atoms with E-state index in [4.69, 9.17) is 9.47 Å². The van der Waals surface area contributed by atoms with Crippen LogP contribution in [0.15, 0.2) is 24.3 Å². The average molecular weight is 306 g/mol. The summed E-state index contributed by atoms with van der Waals surface area (Å²) in [6.07, 6.45) is 3.33. The van der Waals surface area contributed by atoms with E-state index in [-0.39, 0.29) is 12.0 Å². The van der Waals surface area contributed by atoms with E-state index in [0.29, 0.717) is 18.7 Å². The number of hydrogen-bond donors (Lipinski definition) is 1. The van der Waals surface area contributed by atoms with Crippen LogP contribution in [0.1, 0.15) is 29.6 Å². The first-order valence-corrected chi connectivity index (χ1v) is 7.92. The lowest BCUT2D eigenvalue weighted by Gasteiger charge is -2.12. The molecular formula is C17H26N2O3. The van der Waals surface area contributed by atoms with Crippen LogP contribution < -0.4 is 10.1 Å². The molecule has 0 aromatic heterocycles. The Bertz CT molecular complexity index is 453. The zero-order valence-corrected chi connectivity index (χ0v) is 13.5. The summed E-state index contributed by atoms with van der Waals surface area (Å²) in [5.74, 6) is 0.740. The second-order valence-corrected chi connectivity index (χ2v) is 5.88. The number of benzene rings is 1. The number of nitrogens with one attached hydrogen (secondary N) is 1. The molecule has 0 saturated carbocycles. The summed E-state index contributed by atoms with van der Waals surface area (Å²) in [6.45, 7) is 3.07. The summed E-state index contributed by atoms with van der Waals surface area (Å²) in [5.41, 5.74) is 0.661. The lowest BCUT2D eigenvalue weighted by atomic mass is 10.2. The van der Waals surface area contributed by atoms with Gasteiger partial charge >= 0.3 is 0 Å². The van der Waals surface area contributed by atoms with Crippen LogP contribution in [-0.2, 0) is 4.74 Å². The minimum absolute atomic E-state index is 0.0376. The van der Waals surface area contributed by atoms with Gasteiger partial charge in [0.25, 0.3) is 5.91 Å². The van der Waals surface area contributed by atoms with Gasteiger partial charge in [-0.05, 0) is 64.2 Å². The van der Waals surface area contributed by atoms with Crippen LogP contribution in [0.2, 0.25) is 0 Å². The lowest BCUT2D eigenvalue weighted by Crippen LogP contribution is -2.27. The number of carbonyl (C=O) groups is 1. The van der Waals surface area contributed by atoms with Gasteiger partial charge in [-0.3, -0.25) is 4.79 Å². The van der Waals surface area contributed by atoms with E-state index in [1.54, 1.807) is 12.1 Å². The van der Waals surface area contributed by atoms with E-state index in [1.807, 2.05) is 26.2 Å². The molecule has 0 spiro atoms. The molecule has 122 valence electrons. The van der Waals surface area contributed by atoms with E-state index in [1.165, 1.54) is 0 Å². The van der Waals surface area contributed by atoms with E-state index in [9.17, 15) is 4.79 Å². The van der Waals surface area contributed by atoms with Crippen LogP contribution in [0, 0.1) is 0 Å². The first-order valence-electron chi connectivity index (χ1n) is 7.92. The molecule has 0 aliphatic carbocycles. The molecule has 1 atom stereocenters. The van der Waals surface area contributed by atoms with E-state index < -0.39 is 0 Å². The van der Waals surface area contributed by atoms with E-state index in [0.717, 1.165) is 38.2 Å². The topological polar surface area (TPSA) is 50.8 Å². The highest BCUT2D eigenvalue weighted by Gasteiger charge is 2.16. The van der Waals surface area contributed by atoms with Crippen LogP contribution in [0.25, 0.3) is 0 Å². The van der Waals surface area contributed by atoms with Gasteiger partial charge in [0, 0.05) is 18.7 Å². The fourth-order valence-electron chi connectivity index (χ4n) is 2.37. The predicted octanol–water partition coefficient (Wildman–Crippen LogP) is 1.93. The van der Waals surface area contributed by atoms with Gasteiger partial charge in [-0.25, -0.2) is 0 Å². The quantitative estimate of drug-likeness (QED) is 0.746. The van der Waals surface area contributed by atoms with Crippen molar-refractivity contribution in [2.75, 3.05) is 40.4 Å². The van der Waals surface area contributed by atoms with E-state index in [2.05, 4.69) is 10.2 Å². The summed E-state index contributed by atoms with van der Waals surface area (Å²) in [4.78, 5) is 14.1. The maximum Gasteiger partial charge on any atom is 0.251 e. The van der Waals surface area contributed by atoms with Crippen LogP contribution in [0.4, 0.5) is 0 Å². The first kappa shape index (κ1) is 16.8. The Balaban J connectivity index is 1.71. The molecule has 1 aromatic rings. The van der Waals surface area contributed by atoms with Crippen molar-refractivity contribution >= 4 is 5.91 Å². The number of ether oxygens (including phenoxy) is 2. The Kier molecular flexibility index (Phi) is 6.68. The zero-order chi connectivity index (χ0) is 15.8. The van der Waals surface area contributed by atoms with Crippen molar-refractivity contribution < 1.29 is 14.3 Å². The minimum atomic E-state index is -0.0376. The fourth-order valence-corrected chi connectivity index (χ4v) is 2.37. The molecule has 0 bridgehead atoms. The maximum absolute atomic E-state index is 12.0. The van der Waals surface area contributed by atoms with Gasteiger partial charge in [-0.2, -0.15) is 0 Å². The standard InChI is InChI=1S/C17H26N2O3/c1-19(2)11-4-10-18-17(20)14-6-8-15(9-7-14)22-13-16-5-3-12-21-16/h6-9,16H,3-5,10-13H2,1-2H3,(H,18,20). The van der Waals surface area contributed by atoms with Gasteiger partial charge in [0.05, 0.1) is 6.10 Å². The molecular weight excluding hydrogens is 280 g/mol. The number of hydrogen-bond acceptors (Lipinski definition) is 4. The Morgan fingerprint density at radius 3 is 2.77 bits per heavy atom. The third kappa shape index (κ3) is 5.66. The van der Waals surface area contributed by atoms with Gasteiger partial charge in [-0.15, -0.1) is 0 Å². The summed E-state index contributed by atoms with van der Waals surface area (Å²) < 4.78 is 11.2. The third-order valence-electron chi connectivity index (χ3n) is 3.64.